The molecule has 0 spiro atoms. The summed E-state index contributed by atoms with van der Waals surface area (Å²) in [5.41, 5.74) is 3.78. The summed E-state index contributed by atoms with van der Waals surface area (Å²) < 4.78 is 5.04. The molecule has 0 atom stereocenters. The van der Waals surface area contributed by atoms with E-state index in [2.05, 4.69) is 22.0 Å². The number of aromatic amines is 1. The van der Waals surface area contributed by atoms with Gasteiger partial charge < -0.3 is 4.74 Å². The highest BCUT2D eigenvalue weighted by atomic mass is 16.5. The van der Waals surface area contributed by atoms with Gasteiger partial charge in [0, 0.05) is 38.0 Å². The summed E-state index contributed by atoms with van der Waals surface area (Å²) in [4.78, 5) is 2.35. The zero-order chi connectivity index (χ0) is 9.26. The molecule has 2 rings (SSSR count). The van der Waals surface area contributed by atoms with E-state index < -0.39 is 0 Å². The maximum atomic E-state index is 5.04. The summed E-state index contributed by atoms with van der Waals surface area (Å²) >= 11 is 0. The zero-order valence-corrected chi connectivity index (χ0v) is 8.13. The molecule has 1 aromatic heterocycles. The van der Waals surface area contributed by atoms with Crippen molar-refractivity contribution >= 4 is 0 Å². The highest BCUT2D eigenvalue weighted by molar-refractivity contribution is 5.27. The number of hydrogen-bond acceptors (Lipinski definition) is 3. The fourth-order valence-electron chi connectivity index (χ4n) is 1.71. The van der Waals surface area contributed by atoms with Gasteiger partial charge in [0.1, 0.15) is 0 Å². The predicted octanol–water partition coefficient (Wildman–Crippen LogP) is 0.680. The molecule has 0 radical (unpaired) electrons. The van der Waals surface area contributed by atoms with E-state index in [4.69, 9.17) is 4.74 Å². The number of aromatic nitrogens is 2. The van der Waals surface area contributed by atoms with E-state index in [1.807, 2.05) is 0 Å². The Morgan fingerprint density at radius 2 is 2.38 bits per heavy atom. The second kappa shape index (κ2) is 3.47. The van der Waals surface area contributed by atoms with Crippen molar-refractivity contribution in [2.75, 3.05) is 20.3 Å². The molecule has 0 unspecified atom stereocenters. The fraction of sp³-hybridized carbons (Fsp3) is 0.667. The Kier molecular flexibility index (Phi) is 2.33. The number of aryl methyl sites for hydroxylation is 1. The normalized spacial score (nSPS) is 16.5. The largest absolute Gasteiger partial charge is 0.383 e. The van der Waals surface area contributed by atoms with E-state index in [-0.39, 0.29) is 0 Å². The number of nitrogens with zero attached hydrogens (tertiary/aromatic N) is 2. The van der Waals surface area contributed by atoms with Crippen LogP contribution in [-0.2, 0) is 17.8 Å². The second-order valence-corrected chi connectivity index (χ2v) is 3.48. The molecule has 0 saturated carbocycles. The van der Waals surface area contributed by atoms with Crippen LogP contribution in [-0.4, -0.2) is 35.4 Å². The number of rotatable bonds is 3. The van der Waals surface area contributed by atoms with Gasteiger partial charge in [0.2, 0.25) is 0 Å². The third kappa shape index (κ3) is 1.59. The van der Waals surface area contributed by atoms with Gasteiger partial charge in [-0.25, -0.2) is 0 Å². The molecule has 0 amide bonds. The number of nitrogens with one attached hydrogen (secondary N) is 1. The van der Waals surface area contributed by atoms with Gasteiger partial charge in [-0.15, -0.1) is 0 Å². The molecule has 2 heterocycles. The minimum atomic E-state index is 0.799. The molecule has 0 aromatic carbocycles. The van der Waals surface area contributed by atoms with Gasteiger partial charge in [-0.3, -0.25) is 10.00 Å². The second-order valence-electron chi connectivity index (χ2n) is 3.48. The average Bonchev–Trinajstić information content (AvgIpc) is 2.65. The summed E-state index contributed by atoms with van der Waals surface area (Å²) in [7, 11) is 1.74. The number of methoxy groups -OCH3 is 1. The van der Waals surface area contributed by atoms with Crippen molar-refractivity contribution in [1.29, 1.82) is 0 Å². The van der Waals surface area contributed by atoms with Crippen LogP contribution in [0, 0.1) is 6.92 Å². The number of ether oxygens (including phenoxy) is 1. The lowest BCUT2D eigenvalue weighted by Gasteiger charge is -2.13. The Morgan fingerprint density at radius 1 is 1.54 bits per heavy atom. The van der Waals surface area contributed by atoms with Crippen molar-refractivity contribution < 1.29 is 4.74 Å². The lowest BCUT2D eigenvalue weighted by Crippen LogP contribution is -2.21. The Balaban J connectivity index is 1.98. The van der Waals surface area contributed by atoms with Crippen molar-refractivity contribution in [3.63, 3.8) is 0 Å². The highest BCUT2D eigenvalue weighted by Crippen LogP contribution is 2.22. The first kappa shape index (κ1) is 8.72. The van der Waals surface area contributed by atoms with Crippen LogP contribution >= 0.6 is 0 Å². The van der Waals surface area contributed by atoms with Crippen molar-refractivity contribution in [3.8, 4) is 0 Å². The van der Waals surface area contributed by atoms with Gasteiger partial charge in [-0.2, -0.15) is 5.10 Å². The monoisotopic (exact) mass is 181 g/mol. The smallest absolute Gasteiger partial charge is 0.0810 e. The van der Waals surface area contributed by atoms with Crippen LogP contribution in [0.5, 0.6) is 0 Å². The molecule has 0 bridgehead atoms. The summed E-state index contributed by atoms with van der Waals surface area (Å²) in [6.45, 7) is 5.84. The summed E-state index contributed by atoms with van der Waals surface area (Å²) in [5, 5.41) is 7.25. The first-order chi connectivity index (χ1) is 6.31. The maximum absolute atomic E-state index is 5.04. The fourth-order valence-corrected chi connectivity index (χ4v) is 1.71. The van der Waals surface area contributed by atoms with Crippen LogP contribution in [0.3, 0.4) is 0 Å². The van der Waals surface area contributed by atoms with E-state index >= 15 is 0 Å². The van der Waals surface area contributed by atoms with Crippen LogP contribution in [0.1, 0.15) is 17.0 Å². The van der Waals surface area contributed by atoms with Crippen LogP contribution < -0.4 is 0 Å². The van der Waals surface area contributed by atoms with Crippen molar-refractivity contribution in [2.45, 2.75) is 20.0 Å². The lowest BCUT2D eigenvalue weighted by atomic mass is 10.2. The minimum Gasteiger partial charge on any atom is -0.383 e. The Hall–Kier alpha value is -0.870. The Morgan fingerprint density at radius 3 is 3.08 bits per heavy atom. The molecule has 1 N–H and O–H groups in total. The van der Waals surface area contributed by atoms with Crippen molar-refractivity contribution in [1.82, 2.24) is 15.1 Å². The van der Waals surface area contributed by atoms with Gasteiger partial charge in [-0.1, -0.05) is 0 Å². The number of hydrogen-bond donors (Lipinski definition) is 1. The van der Waals surface area contributed by atoms with Gasteiger partial charge in [-0.05, 0) is 6.92 Å². The van der Waals surface area contributed by atoms with Crippen LogP contribution in [0.25, 0.3) is 0 Å². The third-order valence-electron chi connectivity index (χ3n) is 2.53. The van der Waals surface area contributed by atoms with Gasteiger partial charge in [0.15, 0.2) is 0 Å². The molecule has 13 heavy (non-hydrogen) atoms. The van der Waals surface area contributed by atoms with Crippen LogP contribution in [0.2, 0.25) is 0 Å². The minimum absolute atomic E-state index is 0.799. The molecule has 4 heteroatoms. The summed E-state index contributed by atoms with van der Waals surface area (Å²) in [6, 6.07) is 0. The maximum Gasteiger partial charge on any atom is 0.0810 e. The molecule has 0 aliphatic carbocycles. The van der Waals surface area contributed by atoms with Crippen LogP contribution in [0.4, 0.5) is 0 Å². The molecule has 0 saturated heterocycles. The Labute approximate surface area is 77.9 Å². The van der Waals surface area contributed by atoms with Gasteiger partial charge in [0.25, 0.3) is 0 Å². The molecule has 1 aromatic rings. The quantitative estimate of drug-likeness (QED) is 0.745. The van der Waals surface area contributed by atoms with Gasteiger partial charge >= 0.3 is 0 Å². The highest BCUT2D eigenvalue weighted by Gasteiger charge is 2.22. The molecular weight excluding hydrogens is 166 g/mol. The number of fused-ring (bicyclic) bond motifs is 1. The van der Waals surface area contributed by atoms with E-state index in [0.717, 1.165) is 26.2 Å². The van der Waals surface area contributed by atoms with Crippen LogP contribution in [0.15, 0.2) is 0 Å². The first-order valence-electron chi connectivity index (χ1n) is 4.55. The van der Waals surface area contributed by atoms with Crippen molar-refractivity contribution in [2.24, 2.45) is 0 Å². The van der Waals surface area contributed by atoms with E-state index in [1.165, 1.54) is 17.0 Å². The van der Waals surface area contributed by atoms with E-state index in [1.54, 1.807) is 7.11 Å². The molecular formula is C9H15N3O. The SMILES string of the molecule is COCCN1Cc2n[nH]c(C)c2C1. The van der Waals surface area contributed by atoms with E-state index in [9.17, 15) is 0 Å². The lowest BCUT2D eigenvalue weighted by molar-refractivity contribution is 0.147. The topological polar surface area (TPSA) is 41.1 Å². The molecule has 1 aliphatic heterocycles. The average molecular weight is 181 g/mol. The molecule has 72 valence electrons. The summed E-state index contributed by atoms with van der Waals surface area (Å²) in [5.74, 6) is 0. The third-order valence-corrected chi connectivity index (χ3v) is 2.53. The Bertz CT molecular complexity index is 295. The predicted molar refractivity (Wildman–Crippen MR) is 49.3 cm³/mol. The van der Waals surface area contributed by atoms with E-state index in [0.29, 0.717) is 0 Å². The molecule has 4 nitrogen and oxygen atoms in total. The van der Waals surface area contributed by atoms with Crippen molar-refractivity contribution in [3.05, 3.63) is 17.0 Å². The molecule has 1 aliphatic rings. The zero-order valence-electron chi connectivity index (χ0n) is 8.13. The van der Waals surface area contributed by atoms with Gasteiger partial charge in [0.05, 0.1) is 12.3 Å². The number of H-pyrrole nitrogens is 1. The standard InChI is InChI=1S/C9H15N3O/c1-7-8-5-12(3-4-13-2)6-9(8)11-10-7/h3-6H2,1-2H3,(H,10,11). The first-order valence-corrected chi connectivity index (χ1v) is 4.55. The summed E-state index contributed by atoms with van der Waals surface area (Å²) in [6.07, 6.45) is 0. The molecule has 0 fully saturated rings.